The first-order valence-electron chi connectivity index (χ1n) is 10.1. The van der Waals surface area contributed by atoms with Crippen LogP contribution in [0.2, 0.25) is 0 Å². The van der Waals surface area contributed by atoms with Gasteiger partial charge in [-0.25, -0.2) is 4.79 Å². The maximum Gasteiger partial charge on any atom is 0.326 e. The molecule has 0 radical (unpaired) electrons. The molecule has 35 heavy (non-hydrogen) atoms. The molecule has 14 nitrogen and oxygen atoms in total. The van der Waals surface area contributed by atoms with Gasteiger partial charge in [0, 0.05) is 12.2 Å². The number of nitrogens with two attached hydrogens (primary N) is 2. The first-order valence-corrected chi connectivity index (χ1v) is 10.8. The van der Waals surface area contributed by atoms with E-state index in [9.17, 15) is 39.0 Å². The monoisotopic (exact) mass is 513 g/mol. The standard InChI is InChI=1S/C20H27N5O9S/c21-11(6-15(22)27)17(30)25-14(8-35)19(32)23-12(5-9-1-3-10(26)4-2-9)18(31)24-13(20(33)34)7-16(28)29/h1-4,11-14,26,35H,5-8,21H2,(H2,22,27)(H,23,32)(H,24,31)(H,25,30)(H,28,29)(H,33,34). The second-order valence-electron chi connectivity index (χ2n) is 7.45. The van der Waals surface area contributed by atoms with Gasteiger partial charge in [0.15, 0.2) is 0 Å². The van der Waals surface area contributed by atoms with Gasteiger partial charge in [0.2, 0.25) is 23.6 Å². The molecular weight excluding hydrogens is 486 g/mol. The highest BCUT2D eigenvalue weighted by atomic mass is 32.1. The molecule has 4 atom stereocenters. The Morgan fingerprint density at radius 2 is 1.34 bits per heavy atom. The van der Waals surface area contributed by atoms with Crippen LogP contribution >= 0.6 is 12.6 Å². The van der Waals surface area contributed by atoms with E-state index in [1.54, 1.807) is 0 Å². The molecule has 0 bridgehead atoms. The number of primary amides is 1. The predicted octanol–water partition coefficient (Wildman–Crippen LogP) is -2.92. The summed E-state index contributed by atoms with van der Waals surface area (Å²) in [6.07, 6.45) is -1.56. The lowest BCUT2D eigenvalue weighted by molar-refractivity contribution is -0.147. The molecule has 0 aliphatic rings. The van der Waals surface area contributed by atoms with Crippen molar-refractivity contribution in [2.75, 3.05) is 5.75 Å². The zero-order valence-corrected chi connectivity index (χ0v) is 19.2. The van der Waals surface area contributed by atoms with Gasteiger partial charge in [-0.15, -0.1) is 0 Å². The third-order valence-corrected chi connectivity index (χ3v) is 4.94. The first kappa shape index (κ1) is 29.2. The summed E-state index contributed by atoms with van der Waals surface area (Å²) < 4.78 is 0. The zero-order valence-electron chi connectivity index (χ0n) is 18.3. The van der Waals surface area contributed by atoms with E-state index >= 15 is 0 Å². The summed E-state index contributed by atoms with van der Waals surface area (Å²) in [7, 11) is 0. The molecule has 0 saturated heterocycles. The topological polar surface area (TPSA) is 251 Å². The van der Waals surface area contributed by atoms with Crippen LogP contribution in [0.25, 0.3) is 0 Å². The average Bonchev–Trinajstić information content (AvgIpc) is 2.76. The van der Waals surface area contributed by atoms with E-state index in [2.05, 4.69) is 28.6 Å². The average molecular weight is 514 g/mol. The van der Waals surface area contributed by atoms with Gasteiger partial charge in [-0.1, -0.05) is 12.1 Å². The normalized spacial score (nSPS) is 14.0. The number of carbonyl (C=O) groups is 6. The molecule has 192 valence electrons. The molecule has 15 heteroatoms. The third-order valence-electron chi connectivity index (χ3n) is 4.58. The van der Waals surface area contributed by atoms with E-state index < -0.39 is 72.6 Å². The minimum Gasteiger partial charge on any atom is -0.508 e. The maximum atomic E-state index is 12.8. The highest BCUT2D eigenvalue weighted by molar-refractivity contribution is 7.80. The molecule has 1 aromatic rings. The Kier molecular flexibility index (Phi) is 11.5. The van der Waals surface area contributed by atoms with Crippen LogP contribution in [0.4, 0.5) is 0 Å². The summed E-state index contributed by atoms with van der Waals surface area (Å²) in [4.78, 5) is 70.9. The lowest BCUT2D eigenvalue weighted by Gasteiger charge is -2.24. The lowest BCUT2D eigenvalue weighted by atomic mass is 10.0. The summed E-state index contributed by atoms with van der Waals surface area (Å²) >= 11 is 3.99. The molecule has 0 aliphatic carbocycles. The van der Waals surface area contributed by atoms with Crippen LogP contribution in [0, 0.1) is 0 Å². The molecule has 0 aromatic heterocycles. The summed E-state index contributed by atoms with van der Waals surface area (Å²) in [5, 5.41) is 34.2. The molecule has 0 spiro atoms. The number of hydrogen-bond donors (Lipinski definition) is 9. The van der Waals surface area contributed by atoms with E-state index in [1.807, 2.05) is 0 Å². The number of aliphatic carboxylic acids is 2. The molecule has 0 heterocycles. The number of phenolic OH excluding ortho intramolecular Hbond substituents is 1. The third kappa shape index (κ3) is 10.3. The van der Waals surface area contributed by atoms with Gasteiger partial charge in [-0.05, 0) is 17.7 Å². The number of thiol groups is 1. The Balaban J connectivity index is 3.06. The fourth-order valence-electron chi connectivity index (χ4n) is 2.78. The second-order valence-corrected chi connectivity index (χ2v) is 7.81. The number of carbonyl (C=O) groups excluding carboxylic acids is 4. The van der Waals surface area contributed by atoms with Gasteiger partial charge >= 0.3 is 11.9 Å². The van der Waals surface area contributed by atoms with Crippen molar-refractivity contribution >= 4 is 48.2 Å². The van der Waals surface area contributed by atoms with Crippen LogP contribution in [0.3, 0.4) is 0 Å². The molecular formula is C20H27N5O9S. The summed E-state index contributed by atoms with van der Waals surface area (Å²) in [6, 6.07) is -0.239. The first-order chi connectivity index (χ1) is 16.3. The predicted molar refractivity (Wildman–Crippen MR) is 123 cm³/mol. The Morgan fingerprint density at radius 1 is 0.829 bits per heavy atom. The number of benzene rings is 1. The van der Waals surface area contributed by atoms with Gasteiger partial charge in [-0.3, -0.25) is 24.0 Å². The van der Waals surface area contributed by atoms with Gasteiger partial charge in [0.05, 0.1) is 18.9 Å². The van der Waals surface area contributed by atoms with E-state index in [0.29, 0.717) is 5.56 Å². The summed E-state index contributed by atoms with van der Waals surface area (Å²) in [5.41, 5.74) is 11.0. The van der Waals surface area contributed by atoms with Crippen molar-refractivity contribution in [3.63, 3.8) is 0 Å². The minimum atomic E-state index is -1.77. The SMILES string of the molecule is NC(=O)CC(N)C(=O)NC(CS)C(=O)NC(Cc1ccc(O)cc1)C(=O)NC(CC(=O)O)C(=O)O. The minimum absolute atomic E-state index is 0.0589. The van der Waals surface area contributed by atoms with E-state index in [0.717, 1.165) is 0 Å². The molecule has 4 unspecified atom stereocenters. The molecule has 1 aromatic carbocycles. The van der Waals surface area contributed by atoms with Gasteiger partial charge in [-0.2, -0.15) is 12.6 Å². The van der Waals surface area contributed by atoms with E-state index in [1.165, 1.54) is 24.3 Å². The van der Waals surface area contributed by atoms with Crippen LogP contribution in [-0.4, -0.2) is 80.8 Å². The number of hydrogen-bond acceptors (Lipinski definition) is 9. The molecule has 10 N–H and O–H groups in total. The van der Waals surface area contributed by atoms with Crippen LogP contribution in [0.15, 0.2) is 24.3 Å². The fourth-order valence-corrected chi connectivity index (χ4v) is 3.04. The van der Waals surface area contributed by atoms with E-state index in [-0.39, 0.29) is 17.9 Å². The molecule has 0 saturated carbocycles. The Labute approximate surface area is 204 Å². The van der Waals surface area contributed by atoms with Crippen molar-refractivity contribution in [1.82, 2.24) is 16.0 Å². The number of aromatic hydroxyl groups is 1. The fraction of sp³-hybridized carbons (Fsp3) is 0.400. The quantitative estimate of drug-likeness (QED) is 0.115. The molecule has 0 fully saturated rings. The van der Waals surface area contributed by atoms with Crippen LogP contribution in [0.5, 0.6) is 5.75 Å². The summed E-state index contributed by atoms with van der Waals surface area (Å²) in [6.45, 7) is 0. The second kappa shape index (κ2) is 13.8. The maximum absolute atomic E-state index is 12.8. The lowest BCUT2D eigenvalue weighted by Crippen LogP contribution is -2.58. The Bertz CT molecular complexity index is 957. The van der Waals surface area contributed by atoms with Crippen LogP contribution in [-0.2, 0) is 35.2 Å². The van der Waals surface area contributed by atoms with Crippen molar-refractivity contribution in [3.05, 3.63) is 29.8 Å². The van der Waals surface area contributed by atoms with Gasteiger partial charge in [0.25, 0.3) is 0 Å². The highest BCUT2D eigenvalue weighted by Gasteiger charge is 2.31. The van der Waals surface area contributed by atoms with Crippen LogP contribution < -0.4 is 27.4 Å². The van der Waals surface area contributed by atoms with Crippen molar-refractivity contribution in [2.45, 2.75) is 43.4 Å². The van der Waals surface area contributed by atoms with Gasteiger partial charge in [0.1, 0.15) is 23.9 Å². The zero-order chi connectivity index (χ0) is 26.7. The Hall–Kier alpha value is -3.85. The van der Waals surface area contributed by atoms with E-state index in [4.69, 9.17) is 16.6 Å². The number of amides is 4. The van der Waals surface area contributed by atoms with Crippen molar-refractivity contribution in [1.29, 1.82) is 0 Å². The number of nitrogens with one attached hydrogen (secondary N) is 3. The van der Waals surface area contributed by atoms with Crippen molar-refractivity contribution in [3.8, 4) is 5.75 Å². The van der Waals surface area contributed by atoms with Gasteiger partial charge < -0.3 is 42.7 Å². The largest absolute Gasteiger partial charge is 0.508 e. The van der Waals surface area contributed by atoms with Crippen molar-refractivity contribution in [2.24, 2.45) is 11.5 Å². The molecule has 0 aliphatic heterocycles. The smallest absolute Gasteiger partial charge is 0.326 e. The van der Waals surface area contributed by atoms with Crippen LogP contribution in [0.1, 0.15) is 18.4 Å². The number of carboxylic acid groups (broad SMARTS) is 2. The van der Waals surface area contributed by atoms with Crippen molar-refractivity contribution < 1.29 is 44.1 Å². The molecule has 1 rings (SSSR count). The Morgan fingerprint density at radius 3 is 1.83 bits per heavy atom. The number of phenols is 1. The highest BCUT2D eigenvalue weighted by Crippen LogP contribution is 2.12. The number of carboxylic acids is 2. The summed E-state index contributed by atoms with van der Waals surface area (Å²) in [5.74, 6) is -6.95. The number of rotatable bonds is 14. The molecule has 4 amide bonds.